The highest BCUT2D eigenvalue weighted by Gasteiger charge is 2.00. The molecule has 0 heterocycles. The van der Waals surface area contributed by atoms with E-state index in [1.165, 1.54) is 70.6 Å². The molecule has 0 aromatic heterocycles. The van der Waals surface area contributed by atoms with Crippen LogP contribution < -0.4 is 0 Å². The van der Waals surface area contributed by atoms with E-state index in [4.69, 9.17) is 15.5 Å². The first-order valence-corrected chi connectivity index (χ1v) is 8.99. The first kappa shape index (κ1) is 20.4. The van der Waals surface area contributed by atoms with Gasteiger partial charge in [0.15, 0.2) is 0 Å². The number of nitriles is 1. The van der Waals surface area contributed by atoms with Gasteiger partial charge in [-0.05, 0) is 19.3 Å². The maximum Gasteiger partial charge on any atom is 0.140 e. The van der Waals surface area contributed by atoms with E-state index in [0.29, 0.717) is 13.0 Å². The Bertz CT molecular complexity index is 238. The Hall–Kier alpha value is -0.590. The summed E-state index contributed by atoms with van der Waals surface area (Å²) in [5.74, 6) is 0. The van der Waals surface area contributed by atoms with Gasteiger partial charge in [0.05, 0.1) is 6.07 Å². The van der Waals surface area contributed by atoms with E-state index < -0.39 is 6.10 Å². The molecule has 0 radical (unpaired) electrons. The van der Waals surface area contributed by atoms with Crippen molar-refractivity contribution < 1.29 is 10.2 Å². The van der Waals surface area contributed by atoms with E-state index >= 15 is 0 Å². The van der Waals surface area contributed by atoms with E-state index in [9.17, 15) is 0 Å². The van der Waals surface area contributed by atoms with Gasteiger partial charge in [-0.1, -0.05) is 77.0 Å². The minimum Gasteiger partial charge on any atom is -0.396 e. The number of hydrogen-bond acceptors (Lipinski definition) is 3. The van der Waals surface area contributed by atoms with E-state index in [1.54, 1.807) is 0 Å². The molecule has 21 heavy (non-hydrogen) atoms. The van der Waals surface area contributed by atoms with E-state index in [2.05, 4.69) is 0 Å². The van der Waals surface area contributed by atoms with Crippen molar-refractivity contribution in [3.05, 3.63) is 0 Å². The van der Waals surface area contributed by atoms with Crippen LogP contribution in [-0.4, -0.2) is 22.9 Å². The van der Waals surface area contributed by atoms with Crippen LogP contribution in [0.15, 0.2) is 0 Å². The number of unbranched alkanes of at least 4 members (excludes halogenated alkanes) is 13. The third kappa shape index (κ3) is 17.4. The van der Waals surface area contributed by atoms with Gasteiger partial charge in [0, 0.05) is 6.61 Å². The highest BCUT2D eigenvalue weighted by Crippen LogP contribution is 2.13. The Morgan fingerprint density at radius 1 is 0.619 bits per heavy atom. The predicted octanol–water partition coefficient (Wildman–Crippen LogP) is 4.71. The van der Waals surface area contributed by atoms with Crippen LogP contribution in [0.25, 0.3) is 0 Å². The third-order valence-electron chi connectivity index (χ3n) is 4.03. The number of rotatable bonds is 16. The molecule has 0 spiro atoms. The van der Waals surface area contributed by atoms with Gasteiger partial charge in [-0.15, -0.1) is 0 Å². The molecule has 3 heteroatoms. The van der Waals surface area contributed by atoms with Crippen LogP contribution in [0.5, 0.6) is 0 Å². The molecule has 1 unspecified atom stereocenters. The van der Waals surface area contributed by atoms with Crippen LogP contribution >= 0.6 is 0 Å². The van der Waals surface area contributed by atoms with Gasteiger partial charge in [-0.25, -0.2) is 0 Å². The second-order valence-corrected chi connectivity index (χ2v) is 6.11. The van der Waals surface area contributed by atoms with Gasteiger partial charge in [0.25, 0.3) is 0 Å². The van der Waals surface area contributed by atoms with Crippen molar-refractivity contribution in [3.63, 3.8) is 0 Å². The Kier molecular flexibility index (Phi) is 17.0. The second kappa shape index (κ2) is 17.5. The molecule has 1 atom stereocenters. The van der Waals surface area contributed by atoms with Gasteiger partial charge >= 0.3 is 0 Å². The van der Waals surface area contributed by atoms with Crippen molar-refractivity contribution in [2.45, 2.75) is 102 Å². The van der Waals surface area contributed by atoms with E-state index in [-0.39, 0.29) is 0 Å². The summed E-state index contributed by atoms with van der Waals surface area (Å²) in [6, 6.07) is 1.86. The van der Waals surface area contributed by atoms with Crippen LogP contribution in [0.3, 0.4) is 0 Å². The first-order valence-electron chi connectivity index (χ1n) is 8.99. The Morgan fingerprint density at radius 3 is 1.29 bits per heavy atom. The first-order chi connectivity index (χ1) is 10.3. The summed E-state index contributed by atoms with van der Waals surface area (Å²) in [4.78, 5) is 0. The van der Waals surface area contributed by atoms with Crippen LogP contribution in [-0.2, 0) is 0 Å². The largest absolute Gasteiger partial charge is 0.396 e. The summed E-state index contributed by atoms with van der Waals surface area (Å²) in [5, 5.41) is 26.2. The summed E-state index contributed by atoms with van der Waals surface area (Å²) < 4.78 is 0. The molecule has 0 aliphatic rings. The summed E-state index contributed by atoms with van der Waals surface area (Å²) >= 11 is 0. The molecule has 0 rings (SSSR count). The zero-order valence-corrected chi connectivity index (χ0v) is 13.7. The van der Waals surface area contributed by atoms with Gasteiger partial charge in [-0.2, -0.15) is 5.26 Å². The fourth-order valence-corrected chi connectivity index (χ4v) is 2.64. The average molecular weight is 297 g/mol. The Morgan fingerprint density at radius 2 is 0.952 bits per heavy atom. The zero-order chi connectivity index (χ0) is 15.6. The quantitative estimate of drug-likeness (QED) is 0.320. The lowest BCUT2D eigenvalue weighted by Crippen LogP contribution is -2.01. The van der Waals surface area contributed by atoms with Crippen molar-refractivity contribution in [2.24, 2.45) is 0 Å². The summed E-state index contributed by atoms with van der Waals surface area (Å²) in [5.41, 5.74) is 0. The Balaban J connectivity index is 2.98. The molecule has 0 fully saturated rings. The smallest absolute Gasteiger partial charge is 0.140 e. The number of aliphatic hydroxyl groups excluding tert-OH is 2. The maximum absolute atomic E-state index is 9.09. The van der Waals surface area contributed by atoms with Crippen molar-refractivity contribution in [3.8, 4) is 6.07 Å². The van der Waals surface area contributed by atoms with E-state index in [1.807, 2.05) is 6.07 Å². The van der Waals surface area contributed by atoms with E-state index in [0.717, 1.165) is 19.3 Å². The fraction of sp³-hybridized carbons (Fsp3) is 0.944. The molecule has 0 amide bonds. The molecule has 0 bridgehead atoms. The minimum absolute atomic E-state index is 0.346. The monoisotopic (exact) mass is 297 g/mol. The van der Waals surface area contributed by atoms with Crippen LogP contribution in [0.2, 0.25) is 0 Å². The number of hydrogen-bond donors (Lipinski definition) is 2. The Labute approximate surface area is 131 Å². The normalized spacial score (nSPS) is 12.2. The summed E-state index contributed by atoms with van der Waals surface area (Å²) in [6.07, 6.45) is 17.4. The topological polar surface area (TPSA) is 64.2 Å². The molecule has 0 aromatic rings. The number of nitrogens with zero attached hydrogens (tertiary/aromatic N) is 1. The summed E-state index contributed by atoms with van der Waals surface area (Å²) in [6.45, 7) is 0.346. The van der Waals surface area contributed by atoms with Crippen molar-refractivity contribution in [2.75, 3.05) is 6.61 Å². The summed E-state index contributed by atoms with van der Waals surface area (Å²) in [7, 11) is 0. The predicted molar refractivity (Wildman–Crippen MR) is 88.0 cm³/mol. The van der Waals surface area contributed by atoms with Gasteiger partial charge in [0.2, 0.25) is 0 Å². The highest BCUT2D eigenvalue weighted by atomic mass is 16.3. The maximum atomic E-state index is 9.09. The molecule has 0 saturated heterocycles. The van der Waals surface area contributed by atoms with Gasteiger partial charge in [-0.3, -0.25) is 0 Å². The molecule has 3 nitrogen and oxygen atoms in total. The van der Waals surface area contributed by atoms with Gasteiger partial charge in [0.1, 0.15) is 6.10 Å². The molecule has 124 valence electrons. The standard InChI is InChI=1S/C18H35NO2/c19-17-18(21)15-13-11-9-7-5-3-1-2-4-6-8-10-12-14-16-20/h18,20-21H,1-16H2. The SMILES string of the molecule is N#CC(O)CCCCCCCCCCCCCCCCO. The lowest BCUT2D eigenvalue weighted by molar-refractivity contribution is 0.215. The second-order valence-electron chi connectivity index (χ2n) is 6.11. The average Bonchev–Trinajstić information content (AvgIpc) is 2.50. The van der Waals surface area contributed by atoms with Crippen molar-refractivity contribution >= 4 is 0 Å². The van der Waals surface area contributed by atoms with Gasteiger partial charge < -0.3 is 10.2 Å². The van der Waals surface area contributed by atoms with Crippen LogP contribution in [0.1, 0.15) is 96.3 Å². The minimum atomic E-state index is -0.756. The molecule has 0 saturated carbocycles. The van der Waals surface area contributed by atoms with Crippen LogP contribution in [0.4, 0.5) is 0 Å². The fourth-order valence-electron chi connectivity index (χ4n) is 2.64. The molecule has 0 aliphatic heterocycles. The molecule has 0 aliphatic carbocycles. The third-order valence-corrected chi connectivity index (χ3v) is 4.03. The highest BCUT2D eigenvalue weighted by molar-refractivity contribution is 4.81. The lowest BCUT2D eigenvalue weighted by atomic mass is 10.0. The zero-order valence-electron chi connectivity index (χ0n) is 13.7. The molecule has 0 aromatic carbocycles. The van der Waals surface area contributed by atoms with Crippen molar-refractivity contribution in [1.82, 2.24) is 0 Å². The molecular weight excluding hydrogens is 262 g/mol. The molecule has 2 N–H and O–H groups in total. The molecular formula is C18H35NO2. The van der Waals surface area contributed by atoms with Crippen LogP contribution in [0, 0.1) is 11.3 Å². The lowest BCUT2D eigenvalue weighted by Gasteiger charge is -2.04. The van der Waals surface area contributed by atoms with Crippen molar-refractivity contribution in [1.29, 1.82) is 5.26 Å². The number of aliphatic hydroxyl groups is 2.